The fourth-order valence-electron chi connectivity index (χ4n) is 5.26. The van der Waals surface area contributed by atoms with Crippen molar-refractivity contribution in [1.82, 2.24) is 29.5 Å². The molecule has 3 aromatic heterocycles. The normalized spacial score (nSPS) is 13.2. The lowest BCUT2D eigenvalue weighted by molar-refractivity contribution is -0.130. The molecule has 1 aliphatic rings. The van der Waals surface area contributed by atoms with Crippen LogP contribution >= 0.6 is 0 Å². The average molecular weight is 586 g/mol. The van der Waals surface area contributed by atoms with Gasteiger partial charge in [-0.2, -0.15) is 5.10 Å². The Balaban J connectivity index is 1.26. The number of H-pyrrole nitrogens is 1. The highest BCUT2D eigenvalue weighted by Gasteiger charge is 2.25. The number of pyridine rings is 1. The molecule has 220 valence electrons. The van der Waals surface area contributed by atoms with Crippen LogP contribution in [0.3, 0.4) is 0 Å². The van der Waals surface area contributed by atoms with Gasteiger partial charge >= 0.3 is 0 Å². The number of nitrogens with one attached hydrogen (secondary N) is 1. The number of likely N-dealkylation sites (N-methyl/N-ethyl adjacent to an activating group) is 1. The third-order valence-corrected chi connectivity index (χ3v) is 7.66. The zero-order chi connectivity index (χ0) is 30.4. The van der Waals surface area contributed by atoms with Gasteiger partial charge in [-0.15, -0.1) is 0 Å². The Labute approximate surface area is 245 Å². The van der Waals surface area contributed by atoms with Gasteiger partial charge in [0.25, 0.3) is 0 Å². The molecule has 0 saturated carbocycles. The number of hydrogen-bond acceptors (Lipinski definition) is 7. The molecule has 4 heterocycles. The molecule has 43 heavy (non-hydrogen) atoms. The van der Waals surface area contributed by atoms with Gasteiger partial charge in [0, 0.05) is 44.2 Å². The molecule has 1 aliphatic heterocycles. The number of ketones is 1. The lowest BCUT2D eigenvalue weighted by Gasteiger charge is -2.29. The second kappa shape index (κ2) is 11.0. The highest BCUT2D eigenvalue weighted by Crippen LogP contribution is 2.31. The number of benzene rings is 2. The van der Waals surface area contributed by atoms with Crippen LogP contribution in [0.1, 0.15) is 32.7 Å². The van der Waals surface area contributed by atoms with E-state index >= 15 is 0 Å². The minimum atomic E-state index is -0.850. The fraction of sp³-hybridized carbons (Fsp3) is 0.226. The van der Waals surface area contributed by atoms with Crippen LogP contribution in [0.25, 0.3) is 16.6 Å². The molecular weight excluding hydrogens is 556 g/mol. The lowest BCUT2D eigenvalue weighted by Crippen LogP contribution is -2.39. The number of rotatable bonds is 7. The first-order chi connectivity index (χ1) is 20.6. The standard InChI is InChI=1S/C31H29F2N7O3/c1-17-11-27(43-30-22(32)5-4-6-23(30)33)35-14-26(17)40-31(34)20(13-36-40)29(42)25-12-19-21-15-39(16-28(41)38(2)3)10-9-18(21)7-8-24(19)37-25/h4-8,11-14,37H,9-10,15-16,34H2,1-3H3. The Bertz CT molecular complexity index is 1880. The third kappa shape index (κ3) is 5.21. The van der Waals surface area contributed by atoms with Gasteiger partial charge in [-0.25, -0.2) is 18.4 Å². The van der Waals surface area contributed by atoms with E-state index in [0.717, 1.165) is 41.6 Å². The van der Waals surface area contributed by atoms with Gasteiger partial charge < -0.3 is 20.4 Å². The molecule has 6 rings (SSSR count). The summed E-state index contributed by atoms with van der Waals surface area (Å²) in [5.74, 6) is -2.45. The average Bonchev–Trinajstić information content (AvgIpc) is 3.59. The topological polar surface area (TPSA) is 122 Å². The quantitative estimate of drug-likeness (QED) is 0.272. The van der Waals surface area contributed by atoms with Crippen molar-refractivity contribution in [3.8, 4) is 17.3 Å². The largest absolute Gasteiger partial charge is 0.433 e. The number of nitrogen functional groups attached to an aromatic ring is 1. The van der Waals surface area contributed by atoms with Crippen LogP contribution in [0.4, 0.5) is 14.6 Å². The summed E-state index contributed by atoms with van der Waals surface area (Å²) in [5, 5.41) is 5.25. The zero-order valence-corrected chi connectivity index (χ0v) is 23.8. The van der Waals surface area contributed by atoms with Crippen molar-refractivity contribution in [1.29, 1.82) is 0 Å². The highest BCUT2D eigenvalue weighted by molar-refractivity contribution is 6.12. The van der Waals surface area contributed by atoms with Crippen LogP contribution in [0.2, 0.25) is 0 Å². The maximum Gasteiger partial charge on any atom is 0.236 e. The Kier molecular flexibility index (Phi) is 7.14. The van der Waals surface area contributed by atoms with E-state index in [4.69, 9.17) is 10.5 Å². The smallest absolute Gasteiger partial charge is 0.236 e. The number of ether oxygens (including phenoxy) is 1. The predicted molar refractivity (Wildman–Crippen MR) is 156 cm³/mol. The van der Waals surface area contributed by atoms with E-state index in [-0.39, 0.29) is 29.0 Å². The van der Waals surface area contributed by atoms with Crippen LogP contribution in [0, 0.1) is 18.6 Å². The number of aryl methyl sites for hydroxylation is 1. The van der Waals surface area contributed by atoms with Gasteiger partial charge in [0.15, 0.2) is 11.6 Å². The van der Waals surface area contributed by atoms with Crippen molar-refractivity contribution in [2.24, 2.45) is 0 Å². The van der Waals surface area contributed by atoms with Crippen molar-refractivity contribution in [2.75, 3.05) is 32.9 Å². The van der Waals surface area contributed by atoms with Crippen LogP contribution in [0.15, 0.2) is 54.9 Å². The molecule has 0 aliphatic carbocycles. The SMILES string of the molecule is Cc1cc(Oc2c(F)cccc2F)ncc1-n1ncc(C(=O)c2cc3c4c(ccc3[nH]2)CCN(CC(=O)N(C)C)C4)c1N. The van der Waals surface area contributed by atoms with Gasteiger partial charge in [-0.3, -0.25) is 14.5 Å². The molecule has 0 atom stereocenters. The highest BCUT2D eigenvalue weighted by atomic mass is 19.1. The molecule has 0 spiro atoms. The van der Waals surface area contributed by atoms with E-state index in [1.165, 1.54) is 34.8 Å². The third-order valence-electron chi connectivity index (χ3n) is 7.66. The first kappa shape index (κ1) is 28.0. The van der Waals surface area contributed by atoms with Crippen molar-refractivity contribution in [2.45, 2.75) is 19.9 Å². The summed E-state index contributed by atoms with van der Waals surface area (Å²) < 4.78 is 34.8. The first-order valence-electron chi connectivity index (χ1n) is 13.6. The predicted octanol–water partition coefficient (Wildman–Crippen LogP) is 4.39. The number of halogens is 2. The Morgan fingerprint density at radius 1 is 1.12 bits per heavy atom. The minimum absolute atomic E-state index is 0.0154. The summed E-state index contributed by atoms with van der Waals surface area (Å²) in [7, 11) is 3.49. The lowest BCUT2D eigenvalue weighted by atomic mass is 9.96. The zero-order valence-electron chi connectivity index (χ0n) is 23.8. The molecule has 1 amide bonds. The maximum absolute atomic E-state index is 14.0. The van der Waals surface area contributed by atoms with E-state index in [1.54, 1.807) is 25.9 Å². The molecule has 0 bridgehead atoms. The van der Waals surface area contributed by atoms with E-state index in [1.807, 2.05) is 12.1 Å². The van der Waals surface area contributed by atoms with Crippen molar-refractivity contribution >= 4 is 28.4 Å². The monoisotopic (exact) mass is 585 g/mol. The van der Waals surface area contributed by atoms with Gasteiger partial charge in [0.1, 0.15) is 5.82 Å². The minimum Gasteiger partial charge on any atom is -0.433 e. The molecule has 2 aromatic carbocycles. The van der Waals surface area contributed by atoms with E-state index in [9.17, 15) is 18.4 Å². The Morgan fingerprint density at radius 2 is 1.88 bits per heavy atom. The molecule has 0 unspecified atom stereocenters. The van der Waals surface area contributed by atoms with Crippen LogP contribution in [0.5, 0.6) is 11.6 Å². The van der Waals surface area contributed by atoms with Crippen LogP contribution < -0.4 is 10.5 Å². The molecule has 3 N–H and O–H groups in total. The fourth-order valence-corrected chi connectivity index (χ4v) is 5.26. The maximum atomic E-state index is 14.0. The van der Waals surface area contributed by atoms with E-state index < -0.39 is 17.4 Å². The van der Waals surface area contributed by atoms with Crippen LogP contribution in [-0.2, 0) is 17.8 Å². The molecule has 0 fully saturated rings. The molecule has 5 aromatic rings. The van der Waals surface area contributed by atoms with Gasteiger partial charge in [0.2, 0.25) is 23.3 Å². The second-order valence-electron chi connectivity index (χ2n) is 10.7. The van der Waals surface area contributed by atoms with Gasteiger partial charge in [-0.05, 0) is 54.3 Å². The number of amides is 1. The summed E-state index contributed by atoms with van der Waals surface area (Å²) in [5.41, 5.74) is 11.1. The van der Waals surface area contributed by atoms with Crippen molar-refractivity contribution < 1.29 is 23.1 Å². The number of carbonyl (C=O) groups excluding carboxylic acids is 2. The van der Waals surface area contributed by atoms with Crippen molar-refractivity contribution in [3.05, 3.63) is 94.4 Å². The number of para-hydroxylation sites is 1. The summed E-state index contributed by atoms with van der Waals surface area (Å²) in [4.78, 5) is 37.0. The van der Waals surface area contributed by atoms with Gasteiger partial charge in [-0.1, -0.05) is 12.1 Å². The number of fused-ring (bicyclic) bond motifs is 3. The molecule has 12 heteroatoms. The van der Waals surface area contributed by atoms with Crippen molar-refractivity contribution in [3.63, 3.8) is 0 Å². The summed E-state index contributed by atoms with van der Waals surface area (Å²) in [6.45, 7) is 3.45. The first-order valence-corrected chi connectivity index (χ1v) is 13.6. The Morgan fingerprint density at radius 3 is 2.60 bits per heavy atom. The number of aromatic nitrogens is 4. The van der Waals surface area contributed by atoms with E-state index in [2.05, 4.69) is 26.0 Å². The molecular formula is C31H29F2N7O3. The summed E-state index contributed by atoms with van der Waals surface area (Å²) >= 11 is 0. The number of carbonyl (C=O) groups is 2. The number of anilines is 1. The Hall–Kier alpha value is -5.10. The number of nitrogens with two attached hydrogens (primary N) is 1. The van der Waals surface area contributed by atoms with E-state index in [0.29, 0.717) is 30.0 Å². The van der Waals surface area contributed by atoms with Gasteiger partial charge in [0.05, 0.1) is 35.9 Å². The number of hydrogen-bond donors (Lipinski definition) is 2. The molecule has 0 saturated heterocycles. The molecule has 10 nitrogen and oxygen atoms in total. The summed E-state index contributed by atoms with van der Waals surface area (Å²) in [6.07, 6.45) is 3.61. The summed E-state index contributed by atoms with van der Waals surface area (Å²) in [6, 6.07) is 10.8. The van der Waals surface area contributed by atoms with Crippen LogP contribution in [-0.4, -0.2) is 68.4 Å². The molecule has 0 radical (unpaired) electrons. The second-order valence-corrected chi connectivity index (χ2v) is 10.7. The number of aromatic amines is 1. The number of nitrogens with zero attached hydrogens (tertiary/aromatic N) is 5.